The topological polar surface area (TPSA) is 99.8 Å². The van der Waals surface area contributed by atoms with Crippen molar-refractivity contribution in [2.24, 2.45) is 0 Å². The molecule has 0 radical (unpaired) electrons. The lowest BCUT2D eigenvalue weighted by molar-refractivity contribution is -0.114. The molecule has 0 spiro atoms. The third-order valence-electron chi connectivity index (χ3n) is 5.24. The van der Waals surface area contributed by atoms with Crippen LogP contribution in [0.5, 0.6) is 0 Å². The Kier molecular flexibility index (Phi) is 9.39. The van der Waals surface area contributed by atoms with Crippen LogP contribution < -0.4 is 20.9 Å². The van der Waals surface area contributed by atoms with Gasteiger partial charge in [0.1, 0.15) is 0 Å². The minimum Gasteiger partial charge on any atom is -0.383 e. The normalized spacial score (nSPS) is 10.3. The van der Waals surface area contributed by atoms with Crippen molar-refractivity contribution in [1.29, 1.82) is 0 Å². The number of methoxy groups -OCH3 is 1. The predicted octanol–water partition coefficient (Wildman–Crippen LogP) is 3.78. The molecule has 3 aromatic carbocycles. The zero-order valence-electron chi connectivity index (χ0n) is 19.9. The molecule has 3 amide bonds. The fourth-order valence-electron chi connectivity index (χ4n) is 3.40. The third-order valence-corrected chi connectivity index (χ3v) is 5.24. The molecule has 182 valence electrons. The van der Waals surface area contributed by atoms with Gasteiger partial charge in [-0.1, -0.05) is 18.2 Å². The van der Waals surface area contributed by atoms with Crippen LogP contribution in [0.4, 0.5) is 17.1 Å². The van der Waals surface area contributed by atoms with E-state index in [0.29, 0.717) is 36.5 Å². The van der Waals surface area contributed by atoms with Crippen molar-refractivity contribution in [3.63, 3.8) is 0 Å². The number of carbonyl (C=O) groups is 3. The van der Waals surface area contributed by atoms with E-state index in [1.165, 1.54) is 0 Å². The first-order chi connectivity index (χ1) is 17.0. The van der Waals surface area contributed by atoms with Gasteiger partial charge in [-0.2, -0.15) is 0 Å². The molecule has 0 saturated heterocycles. The Hall–Kier alpha value is -4.17. The molecule has 0 aliphatic carbocycles. The summed E-state index contributed by atoms with van der Waals surface area (Å²) in [5.74, 6) is -0.517. The molecule has 0 aliphatic heterocycles. The third kappa shape index (κ3) is 7.41. The van der Waals surface area contributed by atoms with Crippen LogP contribution in [0, 0.1) is 0 Å². The highest BCUT2D eigenvalue weighted by Crippen LogP contribution is 2.18. The minimum atomic E-state index is -0.233. The second-order valence-corrected chi connectivity index (χ2v) is 7.69. The first-order valence-corrected chi connectivity index (χ1v) is 11.4. The minimum absolute atomic E-state index is 0.0532. The Labute approximate surface area is 205 Å². The lowest BCUT2D eigenvalue weighted by atomic mass is 10.1. The zero-order valence-corrected chi connectivity index (χ0v) is 19.9. The maximum Gasteiger partial charge on any atom is 0.258 e. The van der Waals surface area contributed by atoms with Crippen LogP contribution in [0.15, 0.2) is 78.9 Å². The maximum absolute atomic E-state index is 12.9. The van der Waals surface area contributed by atoms with Crippen LogP contribution in [-0.2, 0) is 9.53 Å². The van der Waals surface area contributed by atoms with Crippen LogP contribution in [-0.4, -0.2) is 51.1 Å². The zero-order chi connectivity index (χ0) is 25.0. The number of nitrogens with one attached hydrogen (secondary N) is 3. The van der Waals surface area contributed by atoms with E-state index < -0.39 is 0 Å². The van der Waals surface area contributed by atoms with Crippen molar-refractivity contribution >= 4 is 34.8 Å². The van der Waals surface area contributed by atoms with E-state index in [2.05, 4.69) is 16.0 Å². The molecule has 3 aromatic rings. The van der Waals surface area contributed by atoms with Gasteiger partial charge in [-0.3, -0.25) is 14.4 Å². The number of anilines is 3. The Morgan fingerprint density at radius 3 is 2.09 bits per heavy atom. The van der Waals surface area contributed by atoms with Crippen molar-refractivity contribution in [3.8, 4) is 0 Å². The molecule has 0 heterocycles. The molecule has 0 unspecified atom stereocenters. The van der Waals surface area contributed by atoms with Crippen molar-refractivity contribution in [1.82, 2.24) is 5.32 Å². The summed E-state index contributed by atoms with van der Waals surface area (Å²) in [6.45, 7) is 3.42. The van der Waals surface area contributed by atoms with Gasteiger partial charge in [0.15, 0.2) is 0 Å². The molecule has 3 rings (SSSR count). The Balaban J connectivity index is 1.49. The number of nitrogens with zero attached hydrogens (tertiary/aromatic N) is 1. The molecule has 8 heteroatoms. The molecule has 3 N–H and O–H groups in total. The Morgan fingerprint density at radius 2 is 1.46 bits per heavy atom. The summed E-state index contributed by atoms with van der Waals surface area (Å²) >= 11 is 0. The van der Waals surface area contributed by atoms with Crippen LogP contribution in [0.1, 0.15) is 27.6 Å². The van der Waals surface area contributed by atoms with Crippen LogP contribution in [0.3, 0.4) is 0 Å². The van der Waals surface area contributed by atoms with E-state index in [1.54, 1.807) is 60.5 Å². The summed E-state index contributed by atoms with van der Waals surface area (Å²) in [5.41, 5.74) is 3.23. The molecular weight excluding hydrogens is 444 g/mol. The van der Waals surface area contributed by atoms with Crippen LogP contribution in [0.25, 0.3) is 0 Å². The average molecular weight is 475 g/mol. The predicted molar refractivity (Wildman–Crippen MR) is 138 cm³/mol. The maximum atomic E-state index is 12.9. The van der Waals surface area contributed by atoms with Gasteiger partial charge in [-0.15, -0.1) is 0 Å². The van der Waals surface area contributed by atoms with Gasteiger partial charge in [0.25, 0.3) is 11.8 Å². The Bertz CT molecular complexity index is 1120. The standard InChI is InChI=1S/C27H30N4O4/c1-3-31(24-7-5-4-6-8-24)27(34)21-11-13-22(14-12-21)29-19-25(32)30-23-15-9-20(10-16-23)26(33)28-17-18-35-2/h4-16,29H,3,17-19H2,1-2H3,(H,28,33)(H,30,32). The lowest BCUT2D eigenvalue weighted by Crippen LogP contribution is -2.30. The fourth-order valence-corrected chi connectivity index (χ4v) is 3.40. The van der Waals surface area contributed by atoms with Crippen LogP contribution in [0.2, 0.25) is 0 Å². The van der Waals surface area contributed by atoms with E-state index >= 15 is 0 Å². The molecule has 0 aromatic heterocycles. The van der Waals surface area contributed by atoms with Crippen LogP contribution >= 0.6 is 0 Å². The van der Waals surface area contributed by atoms with Gasteiger partial charge in [0.2, 0.25) is 5.91 Å². The van der Waals surface area contributed by atoms with Gasteiger partial charge in [-0.05, 0) is 67.6 Å². The summed E-state index contributed by atoms with van der Waals surface area (Å²) in [4.78, 5) is 38.9. The van der Waals surface area contributed by atoms with E-state index in [0.717, 1.165) is 11.4 Å². The monoisotopic (exact) mass is 474 g/mol. The number of ether oxygens (including phenoxy) is 1. The summed E-state index contributed by atoms with van der Waals surface area (Å²) in [6.07, 6.45) is 0. The second kappa shape index (κ2) is 12.9. The summed E-state index contributed by atoms with van der Waals surface area (Å²) in [5, 5.41) is 8.58. The van der Waals surface area contributed by atoms with E-state index in [4.69, 9.17) is 4.74 Å². The van der Waals surface area contributed by atoms with E-state index in [1.807, 2.05) is 37.3 Å². The highest BCUT2D eigenvalue weighted by molar-refractivity contribution is 6.06. The van der Waals surface area contributed by atoms with E-state index in [9.17, 15) is 14.4 Å². The quantitative estimate of drug-likeness (QED) is 0.367. The highest BCUT2D eigenvalue weighted by atomic mass is 16.5. The number of rotatable bonds is 11. The molecule has 0 atom stereocenters. The number of benzene rings is 3. The molecule has 8 nitrogen and oxygen atoms in total. The number of hydrogen-bond donors (Lipinski definition) is 3. The molecule has 0 aliphatic rings. The highest BCUT2D eigenvalue weighted by Gasteiger charge is 2.15. The summed E-state index contributed by atoms with van der Waals surface area (Å²) in [7, 11) is 1.57. The van der Waals surface area contributed by atoms with Gasteiger partial charge < -0.3 is 25.6 Å². The Morgan fingerprint density at radius 1 is 0.829 bits per heavy atom. The van der Waals surface area contributed by atoms with Gasteiger partial charge in [-0.25, -0.2) is 0 Å². The van der Waals surface area contributed by atoms with Crippen molar-refractivity contribution < 1.29 is 19.1 Å². The summed E-state index contributed by atoms with van der Waals surface area (Å²) in [6, 6.07) is 23.2. The van der Waals surface area contributed by atoms with Crippen molar-refractivity contribution in [2.45, 2.75) is 6.92 Å². The largest absolute Gasteiger partial charge is 0.383 e. The van der Waals surface area contributed by atoms with Gasteiger partial charge in [0.05, 0.1) is 13.2 Å². The smallest absolute Gasteiger partial charge is 0.258 e. The van der Waals surface area contributed by atoms with E-state index in [-0.39, 0.29) is 24.3 Å². The van der Waals surface area contributed by atoms with Crippen molar-refractivity contribution in [2.75, 3.05) is 48.9 Å². The SMILES string of the molecule is CCN(C(=O)c1ccc(NCC(=O)Nc2ccc(C(=O)NCCOC)cc2)cc1)c1ccccc1. The average Bonchev–Trinajstić information content (AvgIpc) is 2.89. The second-order valence-electron chi connectivity index (χ2n) is 7.69. The first kappa shape index (κ1) is 25.5. The molecular formula is C27H30N4O4. The molecule has 0 saturated carbocycles. The molecule has 0 fully saturated rings. The summed E-state index contributed by atoms with van der Waals surface area (Å²) < 4.78 is 4.91. The number of amides is 3. The molecule has 35 heavy (non-hydrogen) atoms. The van der Waals surface area contributed by atoms with Gasteiger partial charge >= 0.3 is 0 Å². The number of hydrogen-bond acceptors (Lipinski definition) is 5. The fraction of sp³-hybridized carbons (Fsp3) is 0.222. The molecule has 0 bridgehead atoms. The van der Waals surface area contributed by atoms with Crippen molar-refractivity contribution in [3.05, 3.63) is 90.0 Å². The first-order valence-electron chi connectivity index (χ1n) is 11.4. The number of para-hydroxylation sites is 1. The number of carbonyl (C=O) groups excluding carboxylic acids is 3. The van der Waals surface area contributed by atoms with Gasteiger partial charge in [0, 0.05) is 48.4 Å². The lowest BCUT2D eigenvalue weighted by Gasteiger charge is -2.21.